The molecule has 0 amide bonds. The molecule has 42 heavy (non-hydrogen) atoms. The molecule has 0 bridgehead atoms. The molecule has 8 rings (SSSR count). The van der Waals surface area contributed by atoms with Gasteiger partial charge in [0.05, 0.1) is 18.1 Å². The smallest absolute Gasteiger partial charge is 0.316 e. The van der Waals surface area contributed by atoms with Gasteiger partial charge in [0.15, 0.2) is 5.79 Å². The highest BCUT2D eigenvalue weighted by Gasteiger charge is 2.69. The van der Waals surface area contributed by atoms with Gasteiger partial charge in [0.25, 0.3) is 0 Å². The number of carbonyl (C=O) groups excluding carboxylic acids is 1. The van der Waals surface area contributed by atoms with E-state index in [4.69, 9.17) is 25.7 Å². The molecule has 1 aromatic carbocycles. The van der Waals surface area contributed by atoms with Gasteiger partial charge in [-0.25, -0.2) is 0 Å². The van der Waals surface area contributed by atoms with Gasteiger partial charge in [-0.15, -0.1) is 0 Å². The standard InChI is InChI=1S/C36H52N2O4/c1-21-31-30(42-36(21)10-4-5-15-40-36)20-29-27-7-6-22-18-26(8-11-33(22,2)28(27)9-12-34(29,31)3)41-32(39)35(13-14-35)23-16-24(37)19-25(38)17-23/h16-17,19,21-22,26-31H,4-15,18,20,37-38H2,1-3H3. The predicted octanol–water partition coefficient (Wildman–Crippen LogP) is 6.99. The highest BCUT2D eigenvalue weighted by atomic mass is 16.7. The van der Waals surface area contributed by atoms with E-state index in [1.165, 1.54) is 51.4 Å². The van der Waals surface area contributed by atoms with Crippen LogP contribution in [-0.2, 0) is 24.4 Å². The third kappa shape index (κ3) is 3.85. The van der Waals surface area contributed by atoms with Crippen LogP contribution in [-0.4, -0.2) is 30.6 Å². The summed E-state index contributed by atoms with van der Waals surface area (Å²) in [6, 6.07) is 5.57. The molecule has 11 atom stereocenters. The summed E-state index contributed by atoms with van der Waals surface area (Å²) in [7, 11) is 0. The van der Waals surface area contributed by atoms with Crippen LogP contribution in [0, 0.1) is 46.3 Å². The first-order valence-electron chi connectivity index (χ1n) is 17.3. The Labute approximate surface area is 252 Å². The van der Waals surface area contributed by atoms with Crippen molar-refractivity contribution in [3.63, 3.8) is 0 Å². The number of hydrogen-bond donors (Lipinski definition) is 2. The van der Waals surface area contributed by atoms with Gasteiger partial charge in [0.2, 0.25) is 0 Å². The Morgan fingerprint density at radius 3 is 2.36 bits per heavy atom. The molecule has 0 radical (unpaired) electrons. The van der Waals surface area contributed by atoms with Crippen molar-refractivity contribution in [2.45, 2.75) is 128 Å². The minimum Gasteiger partial charge on any atom is -0.462 e. The molecule has 2 saturated heterocycles. The number of anilines is 2. The molecule has 230 valence electrons. The number of benzene rings is 1. The van der Waals surface area contributed by atoms with Crippen LogP contribution in [0.25, 0.3) is 0 Å². The van der Waals surface area contributed by atoms with Gasteiger partial charge in [0, 0.05) is 23.7 Å². The van der Waals surface area contributed by atoms with Gasteiger partial charge < -0.3 is 25.7 Å². The van der Waals surface area contributed by atoms with Crippen LogP contribution in [0.1, 0.15) is 110 Å². The van der Waals surface area contributed by atoms with E-state index in [0.29, 0.717) is 46.1 Å². The topological polar surface area (TPSA) is 96.8 Å². The average Bonchev–Trinajstić information content (AvgIpc) is 3.66. The second-order valence-corrected chi connectivity index (χ2v) is 16.3. The van der Waals surface area contributed by atoms with Crippen molar-refractivity contribution in [3.05, 3.63) is 23.8 Å². The number of fused-ring (bicyclic) bond motifs is 7. The zero-order valence-electron chi connectivity index (χ0n) is 26.0. The molecule has 6 nitrogen and oxygen atoms in total. The zero-order chi connectivity index (χ0) is 29.1. The lowest BCUT2D eigenvalue weighted by Gasteiger charge is -2.61. The molecule has 1 aromatic rings. The van der Waals surface area contributed by atoms with Gasteiger partial charge in [-0.3, -0.25) is 4.79 Å². The van der Waals surface area contributed by atoms with Gasteiger partial charge in [-0.1, -0.05) is 20.8 Å². The van der Waals surface area contributed by atoms with Crippen molar-refractivity contribution in [1.82, 2.24) is 0 Å². The Bertz CT molecular complexity index is 1230. The van der Waals surface area contributed by atoms with Crippen molar-refractivity contribution in [2.75, 3.05) is 18.1 Å². The summed E-state index contributed by atoms with van der Waals surface area (Å²) < 4.78 is 19.7. The lowest BCUT2D eigenvalue weighted by Crippen LogP contribution is -2.55. The minimum atomic E-state index is -0.545. The zero-order valence-corrected chi connectivity index (χ0v) is 26.0. The van der Waals surface area contributed by atoms with E-state index in [-0.39, 0.29) is 17.9 Å². The molecule has 1 spiro atoms. The number of hydrogen-bond acceptors (Lipinski definition) is 6. The third-order valence-corrected chi connectivity index (χ3v) is 14.5. The van der Waals surface area contributed by atoms with Gasteiger partial charge in [-0.05, 0) is 141 Å². The molecular formula is C36H52N2O4. The Balaban J connectivity index is 0.954. The fraction of sp³-hybridized carbons (Fsp3) is 0.806. The van der Waals surface area contributed by atoms with E-state index >= 15 is 0 Å². The molecule has 6 heteroatoms. The maximum absolute atomic E-state index is 13.6. The predicted molar refractivity (Wildman–Crippen MR) is 163 cm³/mol. The van der Waals surface area contributed by atoms with E-state index in [2.05, 4.69) is 20.8 Å². The van der Waals surface area contributed by atoms with Crippen LogP contribution < -0.4 is 11.5 Å². The van der Waals surface area contributed by atoms with Crippen LogP contribution in [0.15, 0.2) is 18.2 Å². The molecule has 11 unspecified atom stereocenters. The largest absolute Gasteiger partial charge is 0.462 e. The number of nitrogen functional groups attached to an aromatic ring is 2. The molecule has 7 aliphatic rings. The first-order chi connectivity index (χ1) is 20.1. The Morgan fingerprint density at radius 2 is 1.64 bits per heavy atom. The summed E-state index contributed by atoms with van der Waals surface area (Å²) in [4.78, 5) is 13.6. The van der Waals surface area contributed by atoms with Crippen LogP contribution >= 0.6 is 0 Å². The molecular weight excluding hydrogens is 524 g/mol. The van der Waals surface area contributed by atoms with Crippen molar-refractivity contribution >= 4 is 17.3 Å². The Morgan fingerprint density at radius 1 is 0.881 bits per heavy atom. The quantitative estimate of drug-likeness (QED) is 0.297. The van der Waals surface area contributed by atoms with Crippen molar-refractivity contribution < 1.29 is 19.0 Å². The summed E-state index contributed by atoms with van der Waals surface area (Å²) in [6.45, 7) is 8.55. The minimum absolute atomic E-state index is 0.0311. The lowest BCUT2D eigenvalue weighted by atomic mass is 9.44. The van der Waals surface area contributed by atoms with E-state index in [1.807, 2.05) is 12.1 Å². The van der Waals surface area contributed by atoms with Crippen LogP contribution in [0.2, 0.25) is 0 Å². The van der Waals surface area contributed by atoms with Gasteiger partial charge in [0.1, 0.15) is 6.10 Å². The van der Waals surface area contributed by atoms with Crippen molar-refractivity contribution in [3.8, 4) is 0 Å². The summed E-state index contributed by atoms with van der Waals surface area (Å²) in [5.74, 6) is 3.75. The number of esters is 1. The fourth-order valence-corrected chi connectivity index (χ4v) is 12.2. The Kier molecular flexibility index (Phi) is 6.18. The highest BCUT2D eigenvalue weighted by Crippen LogP contribution is 2.71. The summed E-state index contributed by atoms with van der Waals surface area (Å²) in [5, 5.41) is 0. The first-order valence-corrected chi connectivity index (χ1v) is 17.3. The molecule has 2 heterocycles. The second-order valence-electron chi connectivity index (χ2n) is 16.3. The Hall–Kier alpha value is -1.79. The van der Waals surface area contributed by atoms with E-state index in [1.54, 1.807) is 6.07 Å². The van der Waals surface area contributed by atoms with E-state index in [0.717, 1.165) is 62.0 Å². The monoisotopic (exact) mass is 576 g/mol. The van der Waals surface area contributed by atoms with Crippen molar-refractivity contribution in [1.29, 1.82) is 0 Å². The molecule has 4 N–H and O–H groups in total. The maximum Gasteiger partial charge on any atom is 0.316 e. The second kappa shape index (κ2) is 9.36. The first kappa shape index (κ1) is 27.7. The molecule has 5 saturated carbocycles. The lowest BCUT2D eigenvalue weighted by molar-refractivity contribution is -0.265. The van der Waals surface area contributed by atoms with Crippen LogP contribution in [0.5, 0.6) is 0 Å². The van der Waals surface area contributed by atoms with Crippen molar-refractivity contribution in [2.24, 2.45) is 46.3 Å². The van der Waals surface area contributed by atoms with E-state index < -0.39 is 5.41 Å². The average molecular weight is 577 g/mol. The number of carbonyl (C=O) groups is 1. The SMILES string of the molecule is CC1C2C(CC3C4CCC5CC(OC(=O)C6(c7cc(N)cc(N)c7)CC6)CCC5(C)C4CCC32C)OC12CCCCO2. The van der Waals surface area contributed by atoms with Gasteiger partial charge in [-0.2, -0.15) is 0 Å². The van der Waals surface area contributed by atoms with E-state index in [9.17, 15) is 4.79 Å². The van der Waals surface area contributed by atoms with Crippen LogP contribution in [0.4, 0.5) is 11.4 Å². The van der Waals surface area contributed by atoms with Gasteiger partial charge >= 0.3 is 5.97 Å². The third-order valence-electron chi connectivity index (χ3n) is 14.5. The molecule has 7 fully saturated rings. The molecule has 2 aliphatic heterocycles. The molecule has 0 aromatic heterocycles. The fourth-order valence-electron chi connectivity index (χ4n) is 12.2. The highest BCUT2D eigenvalue weighted by molar-refractivity contribution is 5.87. The molecule has 5 aliphatic carbocycles. The number of ether oxygens (including phenoxy) is 3. The summed E-state index contributed by atoms with van der Waals surface area (Å²) >= 11 is 0. The number of nitrogens with two attached hydrogens (primary N) is 2. The number of rotatable bonds is 3. The normalized spacial score (nSPS) is 48.5. The summed E-state index contributed by atoms with van der Waals surface area (Å²) in [6.07, 6.45) is 15.2. The summed E-state index contributed by atoms with van der Waals surface area (Å²) in [5.41, 5.74) is 14.5. The van der Waals surface area contributed by atoms with Crippen LogP contribution in [0.3, 0.4) is 0 Å². The maximum atomic E-state index is 13.6.